The first-order chi connectivity index (χ1) is 8.45. The van der Waals surface area contributed by atoms with E-state index in [1.54, 1.807) is 0 Å². The minimum absolute atomic E-state index is 0.0659. The summed E-state index contributed by atoms with van der Waals surface area (Å²) in [5.74, 6) is -0.0659. The molecular weight excluding hydrogens is 244 g/mol. The van der Waals surface area contributed by atoms with Crippen LogP contribution in [0, 0.1) is 5.92 Å². The van der Waals surface area contributed by atoms with Crippen LogP contribution in [0.15, 0.2) is 0 Å². The second-order valence-corrected chi connectivity index (χ2v) is 4.79. The number of hydrogen-bond donors (Lipinski definition) is 4. The van der Waals surface area contributed by atoms with E-state index in [0.717, 1.165) is 4.90 Å². The standard InChI is InChI=1S/C10H18FN3O4/c1-4-2-14(10(17)13-8(4)12)9-6(11)7(16)5(3-15)18-9/h4-9,15-16H,2-3,12H2,1H3,(H,13,17)/t4-,5+,6+,7-,8+,9-/m0/s1/i11-1. The van der Waals surface area contributed by atoms with Gasteiger partial charge in [-0.2, -0.15) is 0 Å². The lowest BCUT2D eigenvalue weighted by atomic mass is 10.1. The molecule has 2 fully saturated rings. The lowest BCUT2D eigenvalue weighted by molar-refractivity contribution is -0.0791. The molecule has 2 amide bonds. The molecule has 0 radical (unpaired) electrons. The Labute approximate surface area is 104 Å². The van der Waals surface area contributed by atoms with Crippen LogP contribution in [-0.4, -0.2) is 65.1 Å². The molecule has 6 atom stereocenters. The number of nitrogens with one attached hydrogen (secondary N) is 1. The summed E-state index contributed by atoms with van der Waals surface area (Å²) in [4.78, 5) is 12.9. The zero-order valence-corrected chi connectivity index (χ0v) is 9.99. The maximum absolute atomic E-state index is 13.9. The number of ether oxygens (including phenoxy) is 1. The van der Waals surface area contributed by atoms with Crippen molar-refractivity contribution >= 4 is 6.03 Å². The Balaban J connectivity index is 2.10. The normalized spacial score (nSPS) is 45.2. The second-order valence-electron chi connectivity index (χ2n) is 4.79. The predicted octanol–water partition coefficient (Wildman–Crippen LogP) is -1.65. The van der Waals surface area contributed by atoms with Gasteiger partial charge in [0.1, 0.15) is 12.2 Å². The van der Waals surface area contributed by atoms with Gasteiger partial charge in [-0.05, 0) is 0 Å². The van der Waals surface area contributed by atoms with Crippen LogP contribution >= 0.6 is 0 Å². The predicted molar refractivity (Wildman–Crippen MR) is 59.0 cm³/mol. The zero-order chi connectivity index (χ0) is 13.4. The molecule has 2 aliphatic rings. The van der Waals surface area contributed by atoms with Crippen LogP contribution in [0.1, 0.15) is 6.92 Å². The quantitative estimate of drug-likeness (QED) is 0.477. The van der Waals surface area contributed by atoms with Gasteiger partial charge < -0.3 is 26.0 Å². The largest absolute Gasteiger partial charge is 0.394 e. The number of urea groups is 1. The molecule has 8 heteroatoms. The number of rotatable bonds is 2. The molecule has 0 bridgehead atoms. The molecule has 0 aromatic heterocycles. The summed E-state index contributed by atoms with van der Waals surface area (Å²) in [6.07, 6.45) is -5.85. The number of carbonyl (C=O) groups is 1. The van der Waals surface area contributed by atoms with E-state index >= 15 is 0 Å². The van der Waals surface area contributed by atoms with Gasteiger partial charge in [0.2, 0.25) is 0 Å². The molecule has 18 heavy (non-hydrogen) atoms. The third kappa shape index (κ3) is 2.16. The molecule has 0 unspecified atom stereocenters. The van der Waals surface area contributed by atoms with E-state index < -0.39 is 43.4 Å². The molecule has 0 saturated carbocycles. The number of aliphatic hydroxyl groups excluding tert-OH is 2. The van der Waals surface area contributed by atoms with Crippen molar-refractivity contribution in [3.8, 4) is 0 Å². The van der Waals surface area contributed by atoms with Crippen molar-refractivity contribution in [1.29, 1.82) is 0 Å². The van der Waals surface area contributed by atoms with Gasteiger partial charge >= 0.3 is 6.03 Å². The third-order valence-corrected chi connectivity index (χ3v) is 3.43. The highest BCUT2D eigenvalue weighted by Crippen LogP contribution is 2.28. The van der Waals surface area contributed by atoms with Crippen LogP contribution in [-0.2, 0) is 4.74 Å². The average Bonchev–Trinajstić information content (AvgIpc) is 2.61. The second kappa shape index (κ2) is 4.96. The van der Waals surface area contributed by atoms with Crippen molar-refractivity contribution in [2.75, 3.05) is 13.2 Å². The molecule has 0 aromatic carbocycles. The van der Waals surface area contributed by atoms with Crippen molar-refractivity contribution in [2.24, 2.45) is 11.7 Å². The Morgan fingerprint density at radius 1 is 1.67 bits per heavy atom. The van der Waals surface area contributed by atoms with E-state index in [1.165, 1.54) is 0 Å². The fourth-order valence-corrected chi connectivity index (χ4v) is 2.20. The molecule has 0 aliphatic carbocycles. The summed E-state index contributed by atoms with van der Waals surface area (Å²) in [6.45, 7) is 1.56. The highest BCUT2D eigenvalue weighted by molar-refractivity contribution is 5.75. The number of alkyl halides is 1. The van der Waals surface area contributed by atoms with Gasteiger partial charge in [-0.1, -0.05) is 6.92 Å². The molecule has 2 aliphatic heterocycles. The Kier molecular flexibility index (Phi) is 3.71. The number of aliphatic hydroxyl groups is 2. The molecule has 2 saturated heterocycles. The number of carbonyl (C=O) groups excluding carboxylic acids is 1. The van der Waals surface area contributed by atoms with Gasteiger partial charge in [-0.3, -0.25) is 4.90 Å². The number of nitrogens with zero attached hydrogens (tertiary/aromatic N) is 1. The molecule has 0 spiro atoms. The Morgan fingerprint density at radius 2 is 2.33 bits per heavy atom. The summed E-state index contributed by atoms with van der Waals surface area (Å²) in [6, 6.07) is -0.529. The van der Waals surface area contributed by atoms with Crippen LogP contribution in [0.25, 0.3) is 0 Å². The average molecular weight is 262 g/mol. The van der Waals surface area contributed by atoms with Gasteiger partial charge in [0.05, 0.1) is 12.8 Å². The zero-order valence-electron chi connectivity index (χ0n) is 9.99. The molecule has 2 rings (SSSR count). The van der Waals surface area contributed by atoms with Crippen molar-refractivity contribution in [2.45, 2.75) is 37.7 Å². The SMILES string of the molecule is C[C@H]1CN([C@H]2O[C@H](CO)[C@H](O)[C@H]2[18F])C(=O)N[C@H]1N. The fourth-order valence-electron chi connectivity index (χ4n) is 2.20. The van der Waals surface area contributed by atoms with Crippen molar-refractivity contribution in [3.63, 3.8) is 0 Å². The van der Waals surface area contributed by atoms with E-state index in [2.05, 4.69) is 5.32 Å². The van der Waals surface area contributed by atoms with Crippen LogP contribution in [0.4, 0.5) is 9.18 Å². The lowest BCUT2D eigenvalue weighted by Crippen LogP contribution is -2.63. The van der Waals surface area contributed by atoms with Crippen LogP contribution in [0.3, 0.4) is 0 Å². The fraction of sp³-hybridized carbons (Fsp3) is 0.900. The first-order valence-corrected chi connectivity index (χ1v) is 5.87. The molecule has 2 heterocycles. The number of halogens is 1. The van der Waals surface area contributed by atoms with E-state index in [4.69, 9.17) is 15.6 Å². The summed E-state index contributed by atoms with van der Waals surface area (Å²) in [5.41, 5.74) is 5.66. The lowest BCUT2D eigenvalue weighted by Gasteiger charge is -2.39. The molecule has 0 aromatic rings. The molecular formula is C10H18FN3O4. The first-order valence-electron chi connectivity index (χ1n) is 5.87. The Bertz CT molecular complexity index is 332. The molecule has 5 N–H and O–H groups in total. The van der Waals surface area contributed by atoms with Gasteiger partial charge in [0.25, 0.3) is 0 Å². The van der Waals surface area contributed by atoms with Gasteiger partial charge in [-0.15, -0.1) is 0 Å². The molecule has 104 valence electrons. The van der Waals surface area contributed by atoms with Crippen molar-refractivity contribution in [3.05, 3.63) is 0 Å². The summed E-state index contributed by atoms with van der Waals surface area (Å²) < 4.78 is 19.0. The van der Waals surface area contributed by atoms with E-state index in [0.29, 0.717) is 0 Å². The maximum Gasteiger partial charge on any atom is 0.320 e. The molecule has 7 nitrogen and oxygen atoms in total. The number of hydrogen-bond acceptors (Lipinski definition) is 5. The number of amides is 2. The Hall–Kier alpha value is -0.960. The van der Waals surface area contributed by atoms with Gasteiger partial charge in [0.15, 0.2) is 12.4 Å². The van der Waals surface area contributed by atoms with Crippen molar-refractivity contribution in [1.82, 2.24) is 10.2 Å². The topological polar surface area (TPSA) is 108 Å². The monoisotopic (exact) mass is 262 g/mol. The van der Waals surface area contributed by atoms with E-state index in [9.17, 15) is 14.3 Å². The summed E-state index contributed by atoms with van der Waals surface area (Å²) in [5, 5.41) is 21.0. The summed E-state index contributed by atoms with van der Waals surface area (Å²) >= 11 is 0. The highest BCUT2D eigenvalue weighted by Gasteiger charge is 2.49. The minimum atomic E-state index is -1.74. The van der Waals surface area contributed by atoms with Crippen molar-refractivity contribution < 1.29 is 24.1 Å². The van der Waals surface area contributed by atoms with E-state index in [1.807, 2.05) is 6.92 Å². The number of nitrogens with two attached hydrogens (primary N) is 1. The summed E-state index contributed by atoms with van der Waals surface area (Å²) in [7, 11) is 0. The van der Waals surface area contributed by atoms with Crippen LogP contribution in [0.2, 0.25) is 0 Å². The Morgan fingerprint density at radius 3 is 2.89 bits per heavy atom. The highest BCUT2D eigenvalue weighted by atomic mass is 18.2. The smallest absolute Gasteiger partial charge is 0.320 e. The van der Waals surface area contributed by atoms with Crippen LogP contribution in [0.5, 0.6) is 0 Å². The van der Waals surface area contributed by atoms with Gasteiger partial charge in [-0.25, -0.2) is 9.18 Å². The van der Waals surface area contributed by atoms with Gasteiger partial charge in [0, 0.05) is 12.5 Å². The van der Waals surface area contributed by atoms with Crippen LogP contribution < -0.4 is 11.1 Å². The third-order valence-electron chi connectivity index (χ3n) is 3.43. The minimum Gasteiger partial charge on any atom is -0.394 e. The maximum atomic E-state index is 13.9. The first kappa shape index (κ1) is 13.5. The van der Waals surface area contributed by atoms with E-state index in [-0.39, 0.29) is 12.5 Å².